The molecule has 0 bridgehead atoms. The van der Waals surface area contributed by atoms with Crippen molar-refractivity contribution in [2.75, 3.05) is 6.61 Å². The van der Waals surface area contributed by atoms with Crippen LogP contribution in [0.4, 0.5) is 4.79 Å². The molecule has 0 saturated heterocycles. The van der Waals surface area contributed by atoms with E-state index < -0.39 is 24.5 Å². The highest BCUT2D eigenvalue weighted by Gasteiger charge is 2.23. The lowest BCUT2D eigenvalue weighted by atomic mass is 9.86. The second-order valence-electron chi connectivity index (χ2n) is 6.78. The molecule has 2 N–H and O–H groups in total. The minimum Gasteiger partial charge on any atom is -0.452 e. The number of hydrogen-bond donors (Lipinski definition) is 2. The Morgan fingerprint density at radius 2 is 1.88 bits per heavy atom. The summed E-state index contributed by atoms with van der Waals surface area (Å²) >= 11 is 0. The summed E-state index contributed by atoms with van der Waals surface area (Å²) in [5.41, 5.74) is 2.24. The molecule has 1 aromatic rings. The Labute approximate surface area is 148 Å². The minimum atomic E-state index is -0.640. The van der Waals surface area contributed by atoms with Crippen molar-refractivity contribution < 1.29 is 19.1 Å². The smallest absolute Gasteiger partial charge is 0.338 e. The average molecular weight is 346 g/mol. The predicted molar refractivity (Wildman–Crippen MR) is 94.3 cm³/mol. The molecule has 2 rings (SSSR count). The summed E-state index contributed by atoms with van der Waals surface area (Å²) in [4.78, 5) is 35.7. The number of ether oxygens (including phenoxy) is 1. The number of carbonyl (C=O) groups excluding carboxylic acids is 3. The zero-order chi connectivity index (χ0) is 18.4. The number of aryl methyl sites for hydroxylation is 2. The Bertz CT molecular complexity index is 657. The highest BCUT2D eigenvalue weighted by Crippen LogP contribution is 2.23. The van der Waals surface area contributed by atoms with Crippen LogP contribution in [0.25, 0.3) is 0 Å². The average Bonchev–Trinajstić information content (AvgIpc) is 2.54. The van der Waals surface area contributed by atoms with Crippen molar-refractivity contribution in [1.29, 1.82) is 0 Å². The van der Waals surface area contributed by atoms with Gasteiger partial charge in [0.25, 0.3) is 5.91 Å². The van der Waals surface area contributed by atoms with E-state index in [0.29, 0.717) is 11.5 Å². The lowest BCUT2D eigenvalue weighted by Crippen LogP contribution is -2.48. The van der Waals surface area contributed by atoms with Gasteiger partial charge in [-0.05, 0) is 44.2 Å². The van der Waals surface area contributed by atoms with Gasteiger partial charge in [0.05, 0.1) is 5.56 Å². The van der Waals surface area contributed by atoms with Crippen molar-refractivity contribution in [3.8, 4) is 0 Å². The van der Waals surface area contributed by atoms with Crippen LogP contribution in [-0.2, 0) is 9.53 Å². The van der Waals surface area contributed by atoms with Crippen LogP contribution in [-0.4, -0.2) is 30.6 Å². The van der Waals surface area contributed by atoms with Gasteiger partial charge in [0.1, 0.15) is 0 Å². The quantitative estimate of drug-likeness (QED) is 0.821. The van der Waals surface area contributed by atoms with Gasteiger partial charge in [-0.3, -0.25) is 10.1 Å². The zero-order valence-electron chi connectivity index (χ0n) is 15.1. The Kier molecular flexibility index (Phi) is 6.56. The SMILES string of the molecule is Cc1ccc(C(=O)OCC(=O)NC(=O)N[C@@H]2CCCC[C@@H]2C)c(C)c1. The molecule has 1 fully saturated rings. The highest BCUT2D eigenvalue weighted by molar-refractivity contribution is 5.97. The van der Waals surface area contributed by atoms with Gasteiger partial charge in [-0.2, -0.15) is 0 Å². The van der Waals surface area contributed by atoms with Gasteiger partial charge in [-0.15, -0.1) is 0 Å². The first-order chi connectivity index (χ1) is 11.9. The summed E-state index contributed by atoms with van der Waals surface area (Å²) in [6.07, 6.45) is 4.25. The zero-order valence-corrected chi connectivity index (χ0v) is 15.1. The number of esters is 1. The van der Waals surface area contributed by atoms with Crippen LogP contribution in [0, 0.1) is 19.8 Å². The molecule has 6 heteroatoms. The first kappa shape index (κ1) is 19.0. The van der Waals surface area contributed by atoms with Gasteiger partial charge in [-0.1, -0.05) is 37.5 Å². The Morgan fingerprint density at radius 3 is 2.56 bits per heavy atom. The third-order valence-corrected chi connectivity index (χ3v) is 4.62. The lowest BCUT2D eigenvalue weighted by Gasteiger charge is -2.29. The van der Waals surface area contributed by atoms with Gasteiger partial charge in [0, 0.05) is 6.04 Å². The molecule has 0 unspecified atom stereocenters. The highest BCUT2D eigenvalue weighted by atomic mass is 16.5. The van der Waals surface area contributed by atoms with Crippen molar-refractivity contribution in [3.05, 3.63) is 34.9 Å². The van der Waals surface area contributed by atoms with Crippen LogP contribution in [0.5, 0.6) is 0 Å². The fourth-order valence-electron chi connectivity index (χ4n) is 3.15. The molecule has 0 aliphatic heterocycles. The van der Waals surface area contributed by atoms with Crippen LogP contribution < -0.4 is 10.6 Å². The monoisotopic (exact) mass is 346 g/mol. The first-order valence-corrected chi connectivity index (χ1v) is 8.71. The minimum absolute atomic E-state index is 0.0827. The van der Waals surface area contributed by atoms with E-state index in [1.165, 1.54) is 6.42 Å². The summed E-state index contributed by atoms with van der Waals surface area (Å²) in [7, 11) is 0. The standard InChI is InChI=1S/C19H26N2O4/c1-12-8-9-15(14(3)10-12)18(23)25-11-17(22)21-19(24)20-16-7-5-4-6-13(16)2/h8-10,13,16H,4-7,11H2,1-3H3,(H2,20,21,22,24)/t13-,16+/m0/s1. The summed E-state index contributed by atoms with van der Waals surface area (Å²) in [5.74, 6) is -0.815. The molecule has 0 aromatic heterocycles. The van der Waals surface area contributed by atoms with E-state index in [4.69, 9.17) is 4.74 Å². The van der Waals surface area contributed by atoms with E-state index >= 15 is 0 Å². The maximum atomic E-state index is 12.0. The maximum absolute atomic E-state index is 12.0. The summed E-state index contributed by atoms with van der Waals surface area (Å²) in [6, 6.07) is 4.89. The van der Waals surface area contributed by atoms with Gasteiger partial charge < -0.3 is 10.1 Å². The van der Waals surface area contributed by atoms with Gasteiger partial charge in [0.2, 0.25) is 0 Å². The van der Waals surface area contributed by atoms with E-state index in [1.807, 2.05) is 26.0 Å². The molecule has 0 spiro atoms. The lowest BCUT2D eigenvalue weighted by molar-refractivity contribution is -0.123. The molecule has 2 atom stereocenters. The molecular weight excluding hydrogens is 320 g/mol. The summed E-state index contributed by atoms with van der Waals surface area (Å²) in [5, 5.41) is 5.03. The Balaban J connectivity index is 1.77. The summed E-state index contributed by atoms with van der Waals surface area (Å²) < 4.78 is 4.99. The van der Waals surface area contributed by atoms with E-state index in [2.05, 4.69) is 17.6 Å². The third kappa shape index (κ3) is 5.59. The number of imide groups is 1. The van der Waals surface area contributed by atoms with Crippen molar-refractivity contribution in [2.45, 2.75) is 52.5 Å². The molecule has 3 amide bonds. The topological polar surface area (TPSA) is 84.5 Å². The molecule has 25 heavy (non-hydrogen) atoms. The molecular formula is C19H26N2O4. The van der Waals surface area contributed by atoms with E-state index in [1.54, 1.807) is 6.07 Å². The summed E-state index contributed by atoms with van der Waals surface area (Å²) in [6.45, 7) is 5.35. The maximum Gasteiger partial charge on any atom is 0.338 e. The van der Waals surface area contributed by atoms with Crippen LogP contribution in [0.2, 0.25) is 0 Å². The second kappa shape index (κ2) is 8.65. The largest absolute Gasteiger partial charge is 0.452 e. The number of rotatable bonds is 4. The van der Waals surface area contributed by atoms with Gasteiger partial charge in [-0.25, -0.2) is 9.59 Å². The number of benzene rings is 1. The van der Waals surface area contributed by atoms with Crippen molar-refractivity contribution in [2.24, 2.45) is 5.92 Å². The molecule has 1 aliphatic carbocycles. The number of urea groups is 1. The van der Waals surface area contributed by atoms with E-state index in [-0.39, 0.29) is 6.04 Å². The van der Waals surface area contributed by atoms with Crippen molar-refractivity contribution in [3.63, 3.8) is 0 Å². The molecule has 6 nitrogen and oxygen atoms in total. The number of amides is 3. The molecule has 0 heterocycles. The number of hydrogen-bond acceptors (Lipinski definition) is 4. The number of carbonyl (C=O) groups is 3. The van der Waals surface area contributed by atoms with Crippen LogP contribution in [0.3, 0.4) is 0 Å². The van der Waals surface area contributed by atoms with Crippen molar-refractivity contribution in [1.82, 2.24) is 10.6 Å². The molecule has 1 aromatic carbocycles. The van der Waals surface area contributed by atoms with Crippen LogP contribution >= 0.6 is 0 Å². The number of nitrogens with one attached hydrogen (secondary N) is 2. The third-order valence-electron chi connectivity index (χ3n) is 4.62. The molecule has 0 radical (unpaired) electrons. The fourth-order valence-corrected chi connectivity index (χ4v) is 3.15. The first-order valence-electron chi connectivity index (χ1n) is 8.71. The van der Waals surface area contributed by atoms with Gasteiger partial charge in [0.15, 0.2) is 6.61 Å². The predicted octanol–water partition coefficient (Wildman–Crippen LogP) is 2.86. The molecule has 136 valence electrons. The second-order valence-corrected chi connectivity index (χ2v) is 6.78. The fraction of sp³-hybridized carbons (Fsp3) is 0.526. The Hall–Kier alpha value is -2.37. The Morgan fingerprint density at radius 1 is 1.16 bits per heavy atom. The molecule has 1 aliphatic rings. The van der Waals surface area contributed by atoms with Crippen LogP contribution in [0.1, 0.15) is 54.1 Å². The van der Waals surface area contributed by atoms with Gasteiger partial charge >= 0.3 is 12.0 Å². The van der Waals surface area contributed by atoms with E-state index in [0.717, 1.165) is 30.4 Å². The van der Waals surface area contributed by atoms with Crippen molar-refractivity contribution >= 4 is 17.9 Å². The van der Waals surface area contributed by atoms with E-state index in [9.17, 15) is 14.4 Å². The normalized spacial score (nSPS) is 19.8. The molecule has 1 saturated carbocycles. The van der Waals surface area contributed by atoms with Crippen LogP contribution in [0.15, 0.2) is 18.2 Å².